The Balaban J connectivity index is 2.25. The molecule has 5 heteroatoms. The van der Waals surface area contributed by atoms with Crippen LogP contribution in [0, 0.1) is 0 Å². The van der Waals surface area contributed by atoms with Gasteiger partial charge in [-0.05, 0) is 30.6 Å². The van der Waals surface area contributed by atoms with Gasteiger partial charge in [0.2, 0.25) is 0 Å². The minimum absolute atomic E-state index is 0.0203. The van der Waals surface area contributed by atoms with Gasteiger partial charge in [0.25, 0.3) is 5.91 Å². The molecule has 1 unspecified atom stereocenters. The number of aromatic nitrogens is 1. The molecule has 0 aliphatic carbocycles. The van der Waals surface area contributed by atoms with E-state index in [0.717, 1.165) is 16.3 Å². The normalized spacial score (nSPS) is 18.6. The highest BCUT2D eigenvalue weighted by Crippen LogP contribution is 2.28. The number of hydrogen-bond donors (Lipinski definition) is 2. The fourth-order valence-electron chi connectivity index (χ4n) is 2.00. The molecular formula is C11H11N3OS. The van der Waals surface area contributed by atoms with E-state index in [9.17, 15) is 4.79 Å². The first-order valence-electron chi connectivity index (χ1n) is 5.04. The molecule has 3 heterocycles. The monoisotopic (exact) mass is 233 g/mol. The number of amides is 1. The highest BCUT2D eigenvalue weighted by atomic mass is 32.1. The van der Waals surface area contributed by atoms with Crippen LogP contribution in [0.3, 0.4) is 0 Å². The van der Waals surface area contributed by atoms with E-state index in [1.54, 1.807) is 0 Å². The van der Waals surface area contributed by atoms with Crippen molar-refractivity contribution in [1.29, 1.82) is 0 Å². The maximum Gasteiger partial charge on any atom is 0.265 e. The first kappa shape index (κ1) is 9.62. The zero-order valence-electron chi connectivity index (χ0n) is 8.73. The van der Waals surface area contributed by atoms with Crippen molar-refractivity contribution in [3.63, 3.8) is 0 Å². The van der Waals surface area contributed by atoms with Gasteiger partial charge in [-0.2, -0.15) is 0 Å². The predicted molar refractivity (Wildman–Crippen MR) is 62.9 cm³/mol. The number of thiophene rings is 1. The van der Waals surface area contributed by atoms with Crippen molar-refractivity contribution in [3.05, 3.63) is 40.3 Å². The number of fused-ring (bicyclic) bond motifs is 3. The molecule has 0 aromatic carbocycles. The van der Waals surface area contributed by atoms with Gasteiger partial charge in [0.05, 0.1) is 11.4 Å². The molecule has 0 fully saturated rings. The minimum atomic E-state index is -0.137. The summed E-state index contributed by atoms with van der Waals surface area (Å²) >= 11 is 1.47. The van der Waals surface area contributed by atoms with Crippen LogP contribution in [-0.2, 0) is 0 Å². The summed E-state index contributed by atoms with van der Waals surface area (Å²) in [5, 5.41) is 7.98. The van der Waals surface area contributed by atoms with Crippen LogP contribution < -0.4 is 10.6 Å². The molecule has 2 aromatic rings. The van der Waals surface area contributed by atoms with Gasteiger partial charge >= 0.3 is 0 Å². The molecule has 16 heavy (non-hydrogen) atoms. The molecule has 0 saturated heterocycles. The van der Waals surface area contributed by atoms with E-state index in [1.165, 1.54) is 11.3 Å². The number of nitrogens with zero attached hydrogens (tertiary/aromatic N) is 1. The summed E-state index contributed by atoms with van der Waals surface area (Å²) in [5.74, 6) is -0.0203. The average Bonchev–Trinajstić information content (AvgIpc) is 2.91. The van der Waals surface area contributed by atoms with Gasteiger partial charge in [-0.15, -0.1) is 11.3 Å². The van der Waals surface area contributed by atoms with E-state index in [2.05, 4.69) is 10.6 Å². The fraction of sp³-hybridized carbons (Fsp3) is 0.182. The number of hydrogen-bond acceptors (Lipinski definition) is 3. The van der Waals surface area contributed by atoms with Crippen molar-refractivity contribution < 1.29 is 4.79 Å². The van der Waals surface area contributed by atoms with Crippen LogP contribution in [0.1, 0.15) is 21.5 Å². The first-order valence-corrected chi connectivity index (χ1v) is 5.92. The van der Waals surface area contributed by atoms with Crippen molar-refractivity contribution in [3.8, 4) is 5.69 Å². The first-order chi connectivity index (χ1) is 7.81. The predicted octanol–water partition coefficient (Wildman–Crippen LogP) is 1.50. The highest BCUT2D eigenvalue weighted by Gasteiger charge is 2.25. The SMILES string of the molecule is CNC1NC(=O)c2sccc2-n2cccc21. The number of carbonyl (C=O) groups excluding carboxylic acids is 1. The summed E-state index contributed by atoms with van der Waals surface area (Å²) in [6.07, 6.45) is 1.84. The summed E-state index contributed by atoms with van der Waals surface area (Å²) in [4.78, 5) is 12.7. The van der Waals surface area contributed by atoms with E-state index >= 15 is 0 Å². The van der Waals surface area contributed by atoms with Crippen LogP contribution >= 0.6 is 11.3 Å². The van der Waals surface area contributed by atoms with Gasteiger partial charge in [-0.1, -0.05) is 0 Å². The topological polar surface area (TPSA) is 46.1 Å². The third-order valence-electron chi connectivity index (χ3n) is 2.75. The maximum absolute atomic E-state index is 11.9. The molecule has 4 nitrogen and oxygen atoms in total. The van der Waals surface area contributed by atoms with Crippen LogP contribution in [0.25, 0.3) is 5.69 Å². The molecule has 2 aromatic heterocycles. The fourth-order valence-corrected chi connectivity index (χ4v) is 2.79. The molecule has 0 bridgehead atoms. The molecule has 1 aliphatic heterocycles. The Morgan fingerprint density at radius 3 is 3.19 bits per heavy atom. The smallest absolute Gasteiger partial charge is 0.265 e. The standard InChI is InChI=1S/C11H11N3OS/c1-12-10-8-3-2-5-14(8)7-4-6-16-9(7)11(15)13-10/h2-6,10,12H,1H3,(H,13,15). The van der Waals surface area contributed by atoms with Crippen LogP contribution in [0.2, 0.25) is 0 Å². The molecule has 1 atom stereocenters. The van der Waals surface area contributed by atoms with Crippen LogP contribution in [0.15, 0.2) is 29.8 Å². The number of nitrogens with one attached hydrogen (secondary N) is 2. The molecule has 1 amide bonds. The number of rotatable bonds is 1. The maximum atomic E-state index is 11.9. The van der Waals surface area contributed by atoms with Gasteiger partial charge in [0, 0.05) is 6.20 Å². The molecule has 0 radical (unpaired) electrons. The Kier molecular flexibility index (Phi) is 2.08. The lowest BCUT2D eigenvalue weighted by atomic mass is 10.3. The second kappa shape index (κ2) is 3.47. The van der Waals surface area contributed by atoms with Gasteiger partial charge in [-0.25, -0.2) is 0 Å². The van der Waals surface area contributed by atoms with Crippen molar-refractivity contribution in [2.24, 2.45) is 0 Å². The Morgan fingerprint density at radius 2 is 2.38 bits per heavy atom. The minimum Gasteiger partial charge on any atom is -0.330 e. The molecule has 2 N–H and O–H groups in total. The van der Waals surface area contributed by atoms with Crippen LogP contribution in [0.5, 0.6) is 0 Å². The summed E-state index contributed by atoms with van der Waals surface area (Å²) in [6.45, 7) is 0. The van der Waals surface area contributed by atoms with Gasteiger partial charge in [-0.3, -0.25) is 10.1 Å². The molecule has 1 aliphatic rings. The van der Waals surface area contributed by atoms with Gasteiger partial charge in [0.1, 0.15) is 11.0 Å². The zero-order chi connectivity index (χ0) is 11.1. The Morgan fingerprint density at radius 1 is 1.50 bits per heavy atom. The van der Waals surface area contributed by atoms with E-state index in [4.69, 9.17) is 0 Å². The van der Waals surface area contributed by atoms with E-state index in [0.29, 0.717) is 0 Å². The summed E-state index contributed by atoms with van der Waals surface area (Å²) in [7, 11) is 1.84. The molecule has 82 valence electrons. The van der Waals surface area contributed by atoms with E-state index in [1.807, 2.05) is 41.4 Å². The van der Waals surface area contributed by atoms with Crippen molar-refractivity contribution in [2.45, 2.75) is 6.17 Å². The molecule has 0 saturated carbocycles. The lowest BCUT2D eigenvalue weighted by molar-refractivity contribution is 0.0937. The molecule has 3 rings (SSSR count). The summed E-state index contributed by atoms with van der Waals surface area (Å²) in [6, 6.07) is 5.97. The largest absolute Gasteiger partial charge is 0.330 e. The van der Waals surface area contributed by atoms with Crippen LogP contribution in [0.4, 0.5) is 0 Å². The third-order valence-corrected chi connectivity index (χ3v) is 3.65. The average molecular weight is 233 g/mol. The quantitative estimate of drug-likeness (QED) is 0.784. The van der Waals surface area contributed by atoms with Crippen molar-refractivity contribution in [1.82, 2.24) is 15.2 Å². The highest BCUT2D eigenvalue weighted by molar-refractivity contribution is 7.12. The van der Waals surface area contributed by atoms with E-state index in [-0.39, 0.29) is 12.1 Å². The van der Waals surface area contributed by atoms with Crippen molar-refractivity contribution >= 4 is 17.2 Å². The Labute approximate surface area is 96.9 Å². The van der Waals surface area contributed by atoms with Crippen LogP contribution in [-0.4, -0.2) is 17.5 Å². The summed E-state index contributed by atoms with van der Waals surface area (Å²) < 4.78 is 2.05. The van der Waals surface area contributed by atoms with Crippen molar-refractivity contribution in [2.75, 3.05) is 7.05 Å². The lowest BCUT2D eigenvalue weighted by Gasteiger charge is -2.15. The second-order valence-electron chi connectivity index (χ2n) is 3.63. The van der Waals surface area contributed by atoms with Gasteiger partial charge in [0.15, 0.2) is 0 Å². The molecular weight excluding hydrogens is 222 g/mol. The second-order valence-corrected chi connectivity index (χ2v) is 4.55. The van der Waals surface area contributed by atoms with E-state index < -0.39 is 0 Å². The summed E-state index contributed by atoms with van der Waals surface area (Å²) in [5.41, 5.74) is 2.01. The number of carbonyl (C=O) groups is 1. The zero-order valence-corrected chi connectivity index (χ0v) is 9.54. The lowest BCUT2D eigenvalue weighted by Crippen LogP contribution is -2.35. The Bertz CT molecular complexity index is 543. The molecule has 0 spiro atoms. The third kappa shape index (κ3) is 1.22. The van der Waals surface area contributed by atoms with Gasteiger partial charge < -0.3 is 9.88 Å². The Hall–Kier alpha value is -1.59.